The van der Waals surface area contributed by atoms with Crippen LogP contribution in [0.5, 0.6) is 0 Å². The van der Waals surface area contributed by atoms with Gasteiger partial charge in [-0.3, -0.25) is 9.59 Å². The molecule has 1 N–H and O–H groups in total. The fraction of sp³-hybridized carbons (Fsp3) is 0.292. The van der Waals surface area contributed by atoms with Gasteiger partial charge in [0.1, 0.15) is 12.3 Å². The minimum Gasteiger partial charge on any atom is -0.465 e. The van der Waals surface area contributed by atoms with Crippen LogP contribution >= 0.6 is 0 Å². The van der Waals surface area contributed by atoms with E-state index in [1.165, 1.54) is 37.6 Å². The van der Waals surface area contributed by atoms with Crippen LogP contribution in [0.2, 0.25) is 0 Å². The molecule has 0 bridgehead atoms. The van der Waals surface area contributed by atoms with Crippen molar-refractivity contribution in [3.8, 4) is 0 Å². The molecule has 1 aliphatic rings. The number of nitrogens with one attached hydrogen (secondary N) is 1. The molecular formula is C24H25N3O7S. The van der Waals surface area contributed by atoms with Crippen molar-refractivity contribution in [1.29, 1.82) is 0 Å². The van der Waals surface area contributed by atoms with E-state index >= 15 is 0 Å². The summed E-state index contributed by atoms with van der Waals surface area (Å²) in [5, 5.41) is 2.97. The first kappa shape index (κ1) is 24.4. The molecule has 2 aromatic carbocycles. The molecule has 0 aliphatic carbocycles. The van der Waals surface area contributed by atoms with Gasteiger partial charge in [-0.2, -0.15) is 0 Å². The molecule has 2 heterocycles. The molecule has 4 rings (SSSR count). The smallest absolute Gasteiger partial charge is 0.337 e. The average Bonchev–Trinajstić information content (AvgIpc) is 3.23. The second-order valence-corrected chi connectivity index (χ2v) is 9.97. The van der Waals surface area contributed by atoms with Crippen molar-refractivity contribution in [2.24, 2.45) is 0 Å². The largest absolute Gasteiger partial charge is 0.465 e. The second-order valence-electron chi connectivity index (χ2n) is 8.01. The molecule has 0 atom stereocenters. The number of esters is 1. The molecule has 0 unspecified atom stereocenters. The fourth-order valence-electron chi connectivity index (χ4n) is 3.91. The molecule has 2 amide bonds. The number of carbonyl (C=O) groups excluding carboxylic acids is 3. The Kier molecular flexibility index (Phi) is 7.17. The second kappa shape index (κ2) is 10.3. The van der Waals surface area contributed by atoms with E-state index in [-0.39, 0.29) is 17.3 Å². The number of anilines is 1. The number of benzene rings is 2. The Labute approximate surface area is 202 Å². The highest BCUT2D eigenvalue weighted by Crippen LogP contribution is 2.27. The van der Waals surface area contributed by atoms with Crippen molar-refractivity contribution in [2.45, 2.75) is 11.4 Å². The van der Waals surface area contributed by atoms with Gasteiger partial charge in [0, 0.05) is 35.9 Å². The van der Waals surface area contributed by atoms with E-state index in [9.17, 15) is 22.8 Å². The molecular weight excluding hydrogens is 474 g/mol. The van der Waals surface area contributed by atoms with Crippen LogP contribution in [0.1, 0.15) is 10.4 Å². The van der Waals surface area contributed by atoms with Gasteiger partial charge in [0.05, 0.1) is 30.8 Å². The van der Waals surface area contributed by atoms with Crippen LogP contribution in [0.15, 0.2) is 59.6 Å². The monoisotopic (exact) mass is 499 g/mol. The molecule has 1 aromatic heterocycles. The number of hydrogen-bond acceptors (Lipinski definition) is 7. The minimum atomic E-state index is -4.02. The van der Waals surface area contributed by atoms with Gasteiger partial charge in [-0.05, 0) is 30.3 Å². The summed E-state index contributed by atoms with van der Waals surface area (Å²) in [6.45, 7) is 1.90. The van der Waals surface area contributed by atoms with Gasteiger partial charge < -0.3 is 24.3 Å². The minimum absolute atomic E-state index is 0.0148. The van der Waals surface area contributed by atoms with E-state index in [1.807, 2.05) is 0 Å². The predicted octanol–water partition coefficient (Wildman–Crippen LogP) is 1.70. The number of ether oxygens (including phenoxy) is 2. The van der Waals surface area contributed by atoms with Crippen LogP contribution in [0.4, 0.5) is 5.69 Å². The maximum absolute atomic E-state index is 13.2. The lowest BCUT2D eigenvalue weighted by atomic mass is 10.2. The molecule has 1 fully saturated rings. The van der Waals surface area contributed by atoms with Crippen molar-refractivity contribution < 1.29 is 32.3 Å². The summed E-state index contributed by atoms with van der Waals surface area (Å²) in [5.41, 5.74) is 1.24. The number of methoxy groups -OCH3 is 1. The maximum atomic E-state index is 13.2. The van der Waals surface area contributed by atoms with E-state index in [4.69, 9.17) is 4.74 Å². The van der Waals surface area contributed by atoms with Gasteiger partial charge in [0.15, 0.2) is 9.84 Å². The van der Waals surface area contributed by atoms with Crippen molar-refractivity contribution in [2.75, 3.05) is 44.5 Å². The highest BCUT2D eigenvalue weighted by atomic mass is 32.2. The van der Waals surface area contributed by atoms with Gasteiger partial charge in [0.25, 0.3) is 0 Å². The number of carbonyl (C=O) groups is 3. The zero-order valence-corrected chi connectivity index (χ0v) is 19.9. The van der Waals surface area contributed by atoms with Crippen LogP contribution in [0.25, 0.3) is 10.9 Å². The van der Waals surface area contributed by atoms with E-state index in [0.717, 1.165) is 0 Å². The highest BCUT2D eigenvalue weighted by Gasteiger charge is 2.26. The summed E-state index contributed by atoms with van der Waals surface area (Å²) in [6, 6.07) is 12.8. The number of aromatic nitrogens is 1. The summed E-state index contributed by atoms with van der Waals surface area (Å²) < 4.78 is 37.9. The number of nitrogens with zero attached hydrogens (tertiary/aromatic N) is 2. The number of amides is 2. The van der Waals surface area contributed by atoms with Gasteiger partial charge in [-0.1, -0.05) is 18.2 Å². The Hall–Kier alpha value is -3.70. The van der Waals surface area contributed by atoms with Crippen molar-refractivity contribution in [3.63, 3.8) is 0 Å². The maximum Gasteiger partial charge on any atom is 0.337 e. The zero-order valence-electron chi connectivity index (χ0n) is 19.1. The van der Waals surface area contributed by atoms with E-state index in [2.05, 4.69) is 10.1 Å². The molecule has 11 heteroatoms. The fourth-order valence-corrected chi connectivity index (χ4v) is 5.27. The Morgan fingerprint density at radius 2 is 1.71 bits per heavy atom. The highest BCUT2D eigenvalue weighted by molar-refractivity contribution is 7.92. The summed E-state index contributed by atoms with van der Waals surface area (Å²) in [7, 11) is -2.76. The molecule has 35 heavy (non-hydrogen) atoms. The van der Waals surface area contributed by atoms with Gasteiger partial charge >= 0.3 is 5.97 Å². The molecule has 184 valence electrons. The van der Waals surface area contributed by atoms with Crippen molar-refractivity contribution in [1.82, 2.24) is 9.47 Å². The summed E-state index contributed by atoms with van der Waals surface area (Å²) >= 11 is 0. The van der Waals surface area contributed by atoms with Crippen LogP contribution in [0.3, 0.4) is 0 Å². The van der Waals surface area contributed by atoms with Gasteiger partial charge in [-0.25, -0.2) is 13.2 Å². The molecule has 1 saturated heterocycles. The normalized spacial score (nSPS) is 14.0. The number of rotatable bonds is 7. The predicted molar refractivity (Wildman–Crippen MR) is 128 cm³/mol. The summed E-state index contributed by atoms with van der Waals surface area (Å²) in [6.07, 6.45) is 1.41. The SMILES string of the molecule is COC(=O)c1ccc(NC(=O)CS(=O)(=O)c2cn(CC(=O)N3CCOCC3)c3ccccc23)cc1. The lowest BCUT2D eigenvalue weighted by Crippen LogP contribution is -2.42. The summed E-state index contributed by atoms with van der Waals surface area (Å²) in [4.78, 5) is 38.5. The number of hydrogen-bond donors (Lipinski definition) is 1. The molecule has 10 nitrogen and oxygen atoms in total. The van der Waals surface area contributed by atoms with Crippen LogP contribution in [-0.4, -0.2) is 74.8 Å². The number of fused-ring (bicyclic) bond motifs is 1. The van der Waals surface area contributed by atoms with Crippen LogP contribution < -0.4 is 5.32 Å². The lowest BCUT2D eigenvalue weighted by molar-refractivity contribution is -0.135. The van der Waals surface area contributed by atoms with E-state index in [1.54, 1.807) is 33.7 Å². The first-order valence-electron chi connectivity index (χ1n) is 10.9. The topological polar surface area (TPSA) is 124 Å². The lowest BCUT2D eigenvalue weighted by Gasteiger charge is -2.27. The molecule has 0 saturated carbocycles. The standard InChI is InChI=1S/C24H25N3O7S/c1-33-24(30)17-6-8-18(9-7-17)25-22(28)16-35(31,32)21-14-27(20-5-3-2-4-19(20)21)15-23(29)26-10-12-34-13-11-26/h2-9,14H,10-13,15-16H2,1H3,(H,25,28). The quantitative estimate of drug-likeness (QED) is 0.491. The number of sulfone groups is 1. The third kappa shape index (κ3) is 5.52. The van der Waals surface area contributed by atoms with Gasteiger partial charge in [-0.15, -0.1) is 0 Å². The van der Waals surface area contributed by atoms with E-state index < -0.39 is 27.5 Å². The first-order chi connectivity index (χ1) is 16.8. The van der Waals surface area contributed by atoms with Crippen molar-refractivity contribution in [3.05, 3.63) is 60.3 Å². The third-order valence-corrected chi connectivity index (χ3v) is 7.31. The Morgan fingerprint density at radius 3 is 2.40 bits per heavy atom. The Balaban J connectivity index is 1.52. The van der Waals surface area contributed by atoms with E-state index in [0.29, 0.717) is 48.5 Å². The number of para-hydroxylation sites is 1. The molecule has 1 aliphatic heterocycles. The average molecular weight is 500 g/mol. The van der Waals surface area contributed by atoms with Crippen LogP contribution in [0, 0.1) is 0 Å². The summed E-state index contributed by atoms with van der Waals surface area (Å²) in [5.74, 6) is -2.16. The molecule has 0 radical (unpaired) electrons. The molecule has 3 aromatic rings. The Morgan fingerprint density at radius 1 is 1.03 bits per heavy atom. The number of morpholine rings is 1. The van der Waals surface area contributed by atoms with Crippen LogP contribution in [-0.2, 0) is 35.4 Å². The zero-order chi connectivity index (χ0) is 25.0. The third-order valence-electron chi connectivity index (χ3n) is 5.67. The van der Waals surface area contributed by atoms with Gasteiger partial charge in [0.2, 0.25) is 11.8 Å². The molecule has 0 spiro atoms. The first-order valence-corrected chi connectivity index (χ1v) is 12.6. The van der Waals surface area contributed by atoms with Crippen molar-refractivity contribution >= 4 is 44.2 Å². The Bertz CT molecular complexity index is 1360.